The maximum Gasteiger partial charge on any atom is 0.242 e. The molecule has 1 saturated heterocycles. The molecule has 132 valence electrons. The number of hydrogen-bond acceptors (Lipinski definition) is 3. The van der Waals surface area contributed by atoms with E-state index >= 15 is 0 Å². The largest absolute Gasteiger partial charge is 0.346 e. The zero-order valence-corrected chi connectivity index (χ0v) is 14.7. The maximum absolute atomic E-state index is 12.5. The van der Waals surface area contributed by atoms with Gasteiger partial charge >= 0.3 is 0 Å². The molecule has 1 aliphatic heterocycles. The standard InChI is InChI=1S/C18H33N3O2/c1-13(2)17(19)18(23)20-12-16(22)21-10-6-9-15(21)11-14-7-4-3-5-8-14/h13-15,17H,3-12,19H2,1-2H3,(H,20,23)/t15?,17-/m0/s1. The zero-order valence-electron chi connectivity index (χ0n) is 14.7. The van der Waals surface area contributed by atoms with E-state index in [1.807, 2.05) is 18.7 Å². The third kappa shape index (κ3) is 5.20. The molecule has 0 aromatic heterocycles. The first kappa shape index (κ1) is 18.2. The van der Waals surface area contributed by atoms with Gasteiger partial charge in [-0.05, 0) is 31.1 Å². The third-order valence-electron chi connectivity index (χ3n) is 5.46. The number of amides is 2. The van der Waals surface area contributed by atoms with Crippen LogP contribution in [-0.4, -0.2) is 41.9 Å². The fourth-order valence-corrected chi connectivity index (χ4v) is 3.90. The van der Waals surface area contributed by atoms with Crippen molar-refractivity contribution in [3.63, 3.8) is 0 Å². The van der Waals surface area contributed by atoms with E-state index in [4.69, 9.17) is 5.73 Å². The van der Waals surface area contributed by atoms with Crippen molar-refractivity contribution in [3.8, 4) is 0 Å². The molecular weight excluding hydrogens is 290 g/mol. The van der Waals surface area contributed by atoms with Crippen LogP contribution in [0, 0.1) is 11.8 Å². The Bertz CT molecular complexity index is 405. The lowest BCUT2D eigenvalue weighted by Gasteiger charge is -2.30. The van der Waals surface area contributed by atoms with Gasteiger partial charge in [0.25, 0.3) is 0 Å². The Morgan fingerprint density at radius 3 is 2.48 bits per heavy atom. The highest BCUT2D eigenvalue weighted by Gasteiger charge is 2.31. The van der Waals surface area contributed by atoms with Gasteiger partial charge in [-0.1, -0.05) is 46.0 Å². The lowest BCUT2D eigenvalue weighted by molar-refractivity contribution is -0.134. The van der Waals surface area contributed by atoms with Crippen LogP contribution in [0.2, 0.25) is 0 Å². The topological polar surface area (TPSA) is 75.4 Å². The molecule has 2 fully saturated rings. The molecule has 5 heteroatoms. The van der Waals surface area contributed by atoms with Gasteiger partial charge < -0.3 is 16.0 Å². The molecule has 23 heavy (non-hydrogen) atoms. The van der Waals surface area contributed by atoms with Crippen LogP contribution in [0.1, 0.15) is 65.2 Å². The molecule has 0 radical (unpaired) electrons. The Labute approximate surface area is 140 Å². The summed E-state index contributed by atoms with van der Waals surface area (Å²) in [7, 11) is 0. The normalized spacial score (nSPS) is 24.0. The number of nitrogens with two attached hydrogens (primary N) is 1. The summed E-state index contributed by atoms with van der Waals surface area (Å²) in [6, 6.07) is -0.166. The first-order valence-corrected chi connectivity index (χ1v) is 9.31. The number of likely N-dealkylation sites (tertiary alicyclic amines) is 1. The number of nitrogens with zero attached hydrogens (tertiary/aromatic N) is 1. The molecule has 1 heterocycles. The van der Waals surface area contributed by atoms with Crippen molar-refractivity contribution in [3.05, 3.63) is 0 Å². The van der Waals surface area contributed by atoms with Crippen LogP contribution in [0.4, 0.5) is 0 Å². The average Bonchev–Trinajstić information content (AvgIpc) is 3.00. The first-order chi connectivity index (χ1) is 11.0. The maximum atomic E-state index is 12.5. The summed E-state index contributed by atoms with van der Waals surface area (Å²) in [6.07, 6.45) is 10.0. The first-order valence-electron chi connectivity index (χ1n) is 9.31. The van der Waals surface area contributed by atoms with E-state index in [1.165, 1.54) is 32.1 Å². The van der Waals surface area contributed by atoms with Crippen molar-refractivity contribution in [2.45, 2.75) is 77.3 Å². The fraction of sp³-hybridized carbons (Fsp3) is 0.889. The van der Waals surface area contributed by atoms with Crippen LogP contribution in [0.5, 0.6) is 0 Å². The molecule has 0 bridgehead atoms. The van der Waals surface area contributed by atoms with Gasteiger partial charge in [0.2, 0.25) is 11.8 Å². The van der Waals surface area contributed by atoms with E-state index in [0.717, 1.165) is 31.7 Å². The predicted molar refractivity (Wildman–Crippen MR) is 91.8 cm³/mol. The van der Waals surface area contributed by atoms with Gasteiger partial charge in [0.15, 0.2) is 0 Å². The monoisotopic (exact) mass is 323 g/mol. The molecule has 0 aromatic rings. The number of carbonyl (C=O) groups is 2. The summed E-state index contributed by atoms with van der Waals surface area (Å²) in [5, 5.41) is 2.71. The smallest absolute Gasteiger partial charge is 0.242 e. The van der Waals surface area contributed by atoms with Gasteiger partial charge in [0, 0.05) is 12.6 Å². The predicted octanol–water partition coefficient (Wildman–Crippen LogP) is 2.05. The Kier molecular flexibility index (Phi) is 6.88. The Morgan fingerprint density at radius 1 is 1.13 bits per heavy atom. The van der Waals surface area contributed by atoms with Crippen molar-refractivity contribution in [1.82, 2.24) is 10.2 Å². The summed E-state index contributed by atoms with van der Waals surface area (Å²) in [5.74, 6) is 0.686. The van der Waals surface area contributed by atoms with Crippen molar-refractivity contribution in [2.75, 3.05) is 13.1 Å². The fourth-order valence-electron chi connectivity index (χ4n) is 3.90. The second-order valence-electron chi connectivity index (χ2n) is 7.61. The third-order valence-corrected chi connectivity index (χ3v) is 5.46. The highest BCUT2D eigenvalue weighted by atomic mass is 16.2. The van der Waals surface area contributed by atoms with Crippen LogP contribution in [0.3, 0.4) is 0 Å². The van der Waals surface area contributed by atoms with Crippen LogP contribution in [-0.2, 0) is 9.59 Å². The quantitative estimate of drug-likeness (QED) is 0.785. The van der Waals surface area contributed by atoms with Gasteiger partial charge in [-0.25, -0.2) is 0 Å². The van der Waals surface area contributed by atoms with Gasteiger partial charge in [-0.3, -0.25) is 9.59 Å². The molecule has 1 aliphatic carbocycles. The second kappa shape index (κ2) is 8.67. The van der Waals surface area contributed by atoms with E-state index in [-0.39, 0.29) is 24.3 Å². The van der Waals surface area contributed by atoms with E-state index in [1.54, 1.807) is 0 Å². The molecule has 2 atom stereocenters. The highest BCUT2D eigenvalue weighted by molar-refractivity contribution is 5.87. The number of carbonyl (C=O) groups excluding carboxylic acids is 2. The molecule has 2 amide bonds. The highest BCUT2D eigenvalue weighted by Crippen LogP contribution is 2.31. The SMILES string of the molecule is CC(C)[C@H](N)C(=O)NCC(=O)N1CCCC1CC1CCCCC1. The van der Waals surface area contributed by atoms with Gasteiger partial charge in [0.05, 0.1) is 12.6 Å². The zero-order chi connectivity index (χ0) is 16.8. The van der Waals surface area contributed by atoms with Crippen LogP contribution in [0.15, 0.2) is 0 Å². The van der Waals surface area contributed by atoms with Crippen LogP contribution in [0.25, 0.3) is 0 Å². The summed E-state index contributed by atoms with van der Waals surface area (Å²) >= 11 is 0. The lowest BCUT2D eigenvalue weighted by Crippen LogP contribution is -2.48. The molecule has 1 saturated carbocycles. The minimum atomic E-state index is -0.542. The lowest BCUT2D eigenvalue weighted by atomic mass is 9.84. The summed E-state index contributed by atoms with van der Waals surface area (Å²) in [6.45, 7) is 4.74. The van der Waals surface area contributed by atoms with E-state index in [2.05, 4.69) is 5.32 Å². The molecular formula is C18H33N3O2. The number of rotatable bonds is 6. The van der Waals surface area contributed by atoms with Gasteiger partial charge in [-0.2, -0.15) is 0 Å². The van der Waals surface area contributed by atoms with Gasteiger partial charge in [0.1, 0.15) is 0 Å². The summed E-state index contributed by atoms with van der Waals surface area (Å²) < 4.78 is 0. The van der Waals surface area contributed by atoms with Crippen molar-refractivity contribution in [2.24, 2.45) is 17.6 Å². The molecule has 0 aromatic carbocycles. The molecule has 5 nitrogen and oxygen atoms in total. The van der Waals surface area contributed by atoms with Gasteiger partial charge in [-0.15, -0.1) is 0 Å². The minimum absolute atomic E-state index is 0.0487. The Morgan fingerprint density at radius 2 is 1.83 bits per heavy atom. The molecule has 0 spiro atoms. The molecule has 2 rings (SSSR count). The van der Waals surface area contributed by atoms with E-state index < -0.39 is 6.04 Å². The van der Waals surface area contributed by atoms with Crippen LogP contribution >= 0.6 is 0 Å². The molecule has 3 N–H and O–H groups in total. The van der Waals surface area contributed by atoms with Crippen molar-refractivity contribution in [1.29, 1.82) is 0 Å². The van der Waals surface area contributed by atoms with Crippen molar-refractivity contribution >= 4 is 11.8 Å². The minimum Gasteiger partial charge on any atom is -0.346 e. The molecule has 1 unspecified atom stereocenters. The Balaban J connectivity index is 1.79. The molecule has 2 aliphatic rings. The van der Waals surface area contributed by atoms with Crippen molar-refractivity contribution < 1.29 is 9.59 Å². The number of nitrogens with one attached hydrogen (secondary N) is 1. The number of hydrogen-bond donors (Lipinski definition) is 2. The Hall–Kier alpha value is -1.10. The summed E-state index contributed by atoms with van der Waals surface area (Å²) in [4.78, 5) is 26.4. The summed E-state index contributed by atoms with van der Waals surface area (Å²) in [5.41, 5.74) is 5.81. The van der Waals surface area contributed by atoms with E-state index in [9.17, 15) is 9.59 Å². The second-order valence-corrected chi connectivity index (χ2v) is 7.61. The van der Waals surface area contributed by atoms with Crippen LogP contribution < -0.4 is 11.1 Å². The average molecular weight is 323 g/mol. The van der Waals surface area contributed by atoms with E-state index in [0.29, 0.717) is 6.04 Å².